The van der Waals surface area contributed by atoms with Crippen LogP contribution in [0.25, 0.3) is 10.8 Å². The Kier molecular flexibility index (Phi) is 3.96. The highest BCUT2D eigenvalue weighted by molar-refractivity contribution is 5.88. The Hall–Kier alpha value is -2.62. The zero-order valence-corrected chi connectivity index (χ0v) is 11.9. The van der Waals surface area contributed by atoms with Crippen LogP contribution >= 0.6 is 0 Å². The number of nitrogens with one attached hydrogen (secondary N) is 1. The number of rotatable bonds is 5. The molecule has 21 heavy (non-hydrogen) atoms. The van der Waals surface area contributed by atoms with Gasteiger partial charge in [0.25, 0.3) is 0 Å². The third-order valence-corrected chi connectivity index (χ3v) is 3.19. The molecular formula is C17H17N3O. The highest BCUT2D eigenvalue weighted by atomic mass is 16.5. The van der Waals surface area contributed by atoms with Crippen molar-refractivity contribution < 1.29 is 4.74 Å². The van der Waals surface area contributed by atoms with Gasteiger partial charge >= 0.3 is 0 Å². The van der Waals surface area contributed by atoms with Crippen LogP contribution in [0.15, 0.2) is 54.9 Å². The summed E-state index contributed by atoms with van der Waals surface area (Å²) in [5.74, 6) is 1.65. The fraction of sp³-hybridized carbons (Fsp3) is 0.176. The number of nitrogens with zero attached hydrogens (tertiary/aromatic N) is 2. The summed E-state index contributed by atoms with van der Waals surface area (Å²) in [4.78, 5) is 8.63. The van der Waals surface area contributed by atoms with Crippen LogP contribution in [0, 0.1) is 0 Å². The Labute approximate surface area is 123 Å². The minimum absolute atomic E-state index is 0.410. The van der Waals surface area contributed by atoms with E-state index in [0.29, 0.717) is 6.61 Å². The Morgan fingerprint density at radius 2 is 1.86 bits per heavy atom. The summed E-state index contributed by atoms with van der Waals surface area (Å²) in [5, 5.41) is 5.40. The SMILES string of the molecule is CCNc1cnc(COc2cccc3ccccc23)cn1. The lowest BCUT2D eigenvalue weighted by Crippen LogP contribution is -2.03. The molecular weight excluding hydrogens is 262 g/mol. The van der Waals surface area contributed by atoms with Crippen LogP contribution in [0.3, 0.4) is 0 Å². The molecule has 3 aromatic rings. The molecule has 0 bridgehead atoms. The first-order chi connectivity index (χ1) is 10.4. The molecule has 1 aromatic heterocycles. The summed E-state index contributed by atoms with van der Waals surface area (Å²) in [5.41, 5.74) is 0.810. The van der Waals surface area contributed by atoms with E-state index >= 15 is 0 Å². The molecule has 0 unspecified atom stereocenters. The minimum atomic E-state index is 0.410. The van der Waals surface area contributed by atoms with Crippen LogP contribution in [0.5, 0.6) is 5.75 Å². The topological polar surface area (TPSA) is 47.0 Å². The monoisotopic (exact) mass is 279 g/mol. The maximum absolute atomic E-state index is 5.88. The molecule has 0 aliphatic carbocycles. The van der Waals surface area contributed by atoms with Crippen molar-refractivity contribution in [1.29, 1.82) is 0 Å². The van der Waals surface area contributed by atoms with Gasteiger partial charge in [0, 0.05) is 11.9 Å². The molecule has 0 aliphatic rings. The van der Waals surface area contributed by atoms with E-state index in [4.69, 9.17) is 4.74 Å². The number of anilines is 1. The predicted molar refractivity (Wildman–Crippen MR) is 84.5 cm³/mol. The quantitative estimate of drug-likeness (QED) is 0.774. The smallest absolute Gasteiger partial charge is 0.144 e. The molecule has 1 N–H and O–H groups in total. The van der Waals surface area contributed by atoms with Gasteiger partial charge in [-0.15, -0.1) is 0 Å². The molecule has 2 aromatic carbocycles. The van der Waals surface area contributed by atoms with Crippen molar-refractivity contribution in [2.45, 2.75) is 13.5 Å². The van der Waals surface area contributed by atoms with E-state index in [9.17, 15) is 0 Å². The Morgan fingerprint density at radius 3 is 2.67 bits per heavy atom. The van der Waals surface area contributed by atoms with Crippen molar-refractivity contribution in [3.05, 3.63) is 60.6 Å². The lowest BCUT2D eigenvalue weighted by Gasteiger charge is -2.09. The summed E-state index contributed by atoms with van der Waals surface area (Å²) >= 11 is 0. The van der Waals surface area contributed by atoms with E-state index in [-0.39, 0.29) is 0 Å². The van der Waals surface area contributed by atoms with Crippen molar-refractivity contribution >= 4 is 16.6 Å². The molecule has 0 spiro atoms. The predicted octanol–water partition coefficient (Wildman–Crippen LogP) is 3.64. The maximum Gasteiger partial charge on any atom is 0.144 e. The first-order valence-corrected chi connectivity index (χ1v) is 7.02. The first-order valence-electron chi connectivity index (χ1n) is 7.02. The summed E-state index contributed by atoms with van der Waals surface area (Å²) < 4.78 is 5.88. The van der Waals surface area contributed by atoms with Gasteiger partial charge in [-0.1, -0.05) is 36.4 Å². The van der Waals surface area contributed by atoms with Gasteiger partial charge in [0.05, 0.1) is 18.1 Å². The van der Waals surface area contributed by atoms with Gasteiger partial charge in [-0.25, -0.2) is 4.98 Å². The summed E-state index contributed by atoms with van der Waals surface area (Å²) in [6, 6.07) is 14.2. The fourth-order valence-corrected chi connectivity index (χ4v) is 2.17. The average molecular weight is 279 g/mol. The number of hydrogen-bond acceptors (Lipinski definition) is 4. The second-order valence-electron chi connectivity index (χ2n) is 4.69. The molecule has 4 heteroatoms. The third kappa shape index (κ3) is 3.11. The number of ether oxygens (including phenoxy) is 1. The van der Waals surface area contributed by atoms with E-state index in [2.05, 4.69) is 33.5 Å². The molecule has 0 saturated heterocycles. The molecule has 4 nitrogen and oxygen atoms in total. The molecule has 0 amide bonds. The van der Waals surface area contributed by atoms with Crippen LogP contribution in [0.4, 0.5) is 5.82 Å². The van der Waals surface area contributed by atoms with Gasteiger partial charge in [-0.3, -0.25) is 4.98 Å². The highest BCUT2D eigenvalue weighted by Crippen LogP contribution is 2.25. The van der Waals surface area contributed by atoms with Gasteiger partial charge in [0.2, 0.25) is 0 Å². The molecule has 0 fully saturated rings. The molecule has 0 saturated carbocycles. The van der Waals surface area contributed by atoms with E-state index in [1.54, 1.807) is 12.4 Å². The molecule has 3 rings (SSSR count). The van der Waals surface area contributed by atoms with Crippen molar-refractivity contribution in [3.8, 4) is 5.75 Å². The van der Waals surface area contributed by atoms with Crippen LogP contribution in [0.2, 0.25) is 0 Å². The van der Waals surface area contributed by atoms with Crippen molar-refractivity contribution in [1.82, 2.24) is 9.97 Å². The standard InChI is InChI=1S/C17H17N3O/c1-2-18-17-11-19-14(10-20-17)12-21-16-9-5-7-13-6-3-4-8-15(13)16/h3-11H,2,12H2,1H3,(H,18,20). The molecule has 106 valence electrons. The lowest BCUT2D eigenvalue weighted by molar-refractivity contribution is 0.304. The zero-order valence-electron chi connectivity index (χ0n) is 11.9. The van der Waals surface area contributed by atoms with Gasteiger partial charge < -0.3 is 10.1 Å². The van der Waals surface area contributed by atoms with E-state index in [1.807, 2.05) is 31.2 Å². The number of aromatic nitrogens is 2. The average Bonchev–Trinajstić information content (AvgIpc) is 2.54. The largest absolute Gasteiger partial charge is 0.487 e. The van der Waals surface area contributed by atoms with E-state index < -0.39 is 0 Å². The number of fused-ring (bicyclic) bond motifs is 1. The van der Waals surface area contributed by atoms with Crippen molar-refractivity contribution in [2.75, 3.05) is 11.9 Å². The molecule has 1 heterocycles. The van der Waals surface area contributed by atoms with Crippen LogP contribution in [0.1, 0.15) is 12.6 Å². The van der Waals surface area contributed by atoms with Crippen LogP contribution in [-0.4, -0.2) is 16.5 Å². The van der Waals surface area contributed by atoms with Gasteiger partial charge in [0.1, 0.15) is 18.2 Å². The van der Waals surface area contributed by atoms with E-state index in [0.717, 1.165) is 29.2 Å². The summed E-state index contributed by atoms with van der Waals surface area (Å²) in [6.45, 7) is 3.27. The zero-order chi connectivity index (χ0) is 14.5. The highest BCUT2D eigenvalue weighted by Gasteiger charge is 2.03. The van der Waals surface area contributed by atoms with Crippen LogP contribution in [-0.2, 0) is 6.61 Å². The Bertz CT molecular complexity index is 720. The Balaban J connectivity index is 1.74. The van der Waals surface area contributed by atoms with Gasteiger partial charge in [0.15, 0.2) is 0 Å². The second kappa shape index (κ2) is 6.22. The fourth-order valence-electron chi connectivity index (χ4n) is 2.17. The molecule has 0 atom stereocenters. The minimum Gasteiger partial charge on any atom is -0.487 e. The lowest BCUT2D eigenvalue weighted by atomic mass is 10.1. The number of hydrogen-bond donors (Lipinski definition) is 1. The molecule has 0 aliphatic heterocycles. The van der Waals surface area contributed by atoms with Crippen molar-refractivity contribution in [2.24, 2.45) is 0 Å². The Morgan fingerprint density at radius 1 is 1.00 bits per heavy atom. The van der Waals surface area contributed by atoms with Gasteiger partial charge in [-0.2, -0.15) is 0 Å². The third-order valence-electron chi connectivity index (χ3n) is 3.19. The second-order valence-corrected chi connectivity index (χ2v) is 4.69. The number of benzene rings is 2. The van der Waals surface area contributed by atoms with Gasteiger partial charge in [-0.05, 0) is 18.4 Å². The van der Waals surface area contributed by atoms with Crippen molar-refractivity contribution in [3.63, 3.8) is 0 Å². The summed E-state index contributed by atoms with van der Waals surface area (Å²) in [7, 11) is 0. The van der Waals surface area contributed by atoms with E-state index in [1.165, 1.54) is 5.39 Å². The summed E-state index contributed by atoms with van der Waals surface area (Å²) in [6.07, 6.45) is 3.47. The normalized spacial score (nSPS) is 10.5. The van der Waals surface area contributed by atoms with Crippen LogP contribution < -0.4 is 10.1 Å². The maximum atomic E-state index is 5.88. The molecule has 0 radical (unpaired) electrons. The first kappa shape index (κ1) is 13.4.